The number of hydrogen-bond acceptors (Lipinski definition) is 2. The van der Waals surface area contributed by atoms with E-state index in [1.54, 1.807) is 0 Å². The van der Waals surface area contributed by atoms with Gasteiger partial charge in [-0.3, -0.25) is 0 Å². The summed E-state index contributed by atoms with van der Waals surface area (Å²) in [6, 6.07) is -0.351. The normalized spacial score (nSPS) is 31.6. The molecule has 102 valence electrons. The molecule has 0 saturated carbocycles. The van der Waals surface area contributed by atoms with Gasteiger partial charge in [-0.2, -0.15) is 0 Å². The second kappa shape index (κ2) is 5.32. The maximum atomic E-state index is 13.6. The second-order valence-corrected chi connectivity index (χ2v) is 11.2. The van der Waals surface area contributed by atoms with Gasteiger partial charge in [0.2, 0.25) is 0 Å². The number of nitrogens with one attached hydrogen (secondary N) is 1. The lowest BCUT2D eigenvalue weighted by Gasteiger charge is -2.38. The minimum absolute atomic E-state index is 0.00146. The lowest BCUT2D eigenvalue weighted by atomic mass is 10.0. The zero-order chi connectivity index (χ0) is 13.3. The Morgan fingerprint density at radius 3 is 2.35 bits per heavy atom. The van der Waals surface area contributed by atoms with Crippen molar-refractivity contribution in [1.82, 2.24) is 5.32 Å². The first kappa shape index (κ1) is 15.1. The molecule has 17 heavy (non-hydrogen) atoms. The van der Waals surface area contributed by atoms with Gasteiger partial charge in [-0.05, 0) is 18.1 Å². The fourth-order valence-electron chi connectivity index (χ4n) is 1.58. The van der Waals surface area contributed by atoms with E-state index in [2.05, 4.69) is 39.2 Å². The van der Waals surface area contributed by atoms with Crippen LogP contribution in [-0.4, -0.2) is 39.9 Å². The first-order valence-electron chi connectivity index (χ1n) is 6.29. The molecule has 3 atom stereocenters. The van der Waals surface area contributed by atoms with E-state index in [0.29, 0.717) is 6.61 Å². The SMILES string of the molecule is CC(C)(C)[Si](C)(C)OC[C@H]1NC[C@@H](F)C[C@H]1F. The summed E-state index contributed by atoms with van der Waals surface area (Å²) in [5, 5.41) is 3.01. The van der Waals surface area contributed by atoms with Crippen LogP contribution in [-0.2, 0) is 4.43 Å². The monoisotopic (exact) mass is 265 g/mol. The molecule has 0 unspecified atom stereocenters. The van der Waals surface area contributed by atoms with Crippen molar-refractivity contribution in [3.05, 3.63) is 0 Å². The number of hydrogen-bond donors (Lipinski definition) is 1. The Hall–Kier alpha value is -0.00312. The van der Waals surface area contributed by atoms with E-state index in [9.17, 15) is 8.78 Å². The number of alkyl halides is 2. The van der Waals surface area contributed by atoms with Crippen LogP contribution in [0, 0.1) is 0 Å². The van der Waals surface area contributed by atoms with Crippen molar-refractivity contribution in [3.63, 3.8) is 0 Å². The maximum Gasteiger partial charge on any atom is 0.192 e. The van der Waals surface area contributed by atoms with Crippen molar-refractivity contribution in [1.29, 1.82) is 0 Å². The lowest BCUT2D eigenvalue weighted by molar-refractivity contribution is 0.0954. The van der Waals surface area contributed by atoms with Gasteiger partial charge in [0.1, 0.15) is 12.3 Å². The molecule has 1 N–H and O–H groups in total. The molecule has 1 rings (SSSR count). The zero-order valence-corrected chi connectivity index (χ0v) is 12.5. The Kier molecular flexibility index (Phi) is 4.71. The Balaban J connectivity index is 2.46. The molecule has 1 heterocycles. The predicted molar refractivity (Wildman–Crippen MR) is 69.3 cm³/mol. The van der Waals surface area contributed by atoms with Crippen LogP contribution in [0.15, 0.2) is 0 Å². The highest BCUT2D eigenvalue weighted by Crippen LogP contribution is 2.36. The molecule has 0 aromatic heterocycles. The zero-order valence-electron chi connectivity index (χ0n) is 11.5. The van der Waals surface area contributed by atoms with Crippen molar-refractivity contribution in [2.24, 2.45) is 0 Å². The van der Waals surface area contributed by atoms with Gasteiger partial charge in [-0.1, -0.05) is 20.8 Å². The quantitative estimate of drug-likeness (QED) is 0.792. The minimum atomic E-state index is -1.84. The average molecular weight is 265 g/mol. The molecule has 1 fully saturated rings. The summed E-state index contributed by atoms with van der Waals surface area (Å²) >= 11 is 0. The van der Waals surface area contributed by atoms with Crippen LogP contribution in [0.1, 0.15) is 27.2 Å². The van der Waals surface area contributed by atoms with E-state index in [1.165, 1.54) is 0 Å². The highest BCUT2D eigenvalue weighted by molar-refractivity contribution is 6.74. The van der Waals surface area contributed by atoms with E-state index in [0.717, 1.165) is 0 Å². The minimum Gasteiger partial charge on any atom is -0.415 e. The molecule has 0 radical (unpaired) electrons. The smallest absolute Gasteiger partial charge is 0.192 e. The molecule has 0 aliphatic carbocycles. The number of halogens is 2. The van der Waals surface area contributed by atoms with Gasteiger partial charge in [-0.15, -0.1) is 0 Å². The third-order valence-corrected chi connectivity index (χ3v) is 8.45. The second-order valence-electron chi connectivity index (χ2n) is 6.44. The summed E-state index contributed by atoms with van der Waals surface area (Å²) in [6.45, 7) is 11.3. The molecule has 1 aliphatic rings. The first-order valence-corrected chi connectivity index (χ1v) is 9.20. The third kappa shape index (κ3) is 4.00. The van der Waals surface area contributed by atoms with Crippen molar-refractivity contribution < 1.29 is 13.2 Å². The van der Waals surface area contributed by atoms with Crippen molar-refractivity contribution >= 4 is 8.32 Å². The van der Waals surface area contributed by atoms with Crippen LogP contribution in [0.25, 0.3) is 0 Å². The Bertz CT molecular complexity index is 255. The number of piperidine rings is 1. The summed E-state index contributed by atoms with van der Waals surface area (Å²) in [5.41, 5.74) is 0. The summed E-state index contributed by atoms with van der Waals surface area (Å²) in [7, 11) is -1.84. The lowest BCUT2D eigenvalue weighted by Crippen LogP contribution is -2.53. The predicted octanol–water partition coefficient (Wildman–Crippen LogP) is 3.05. The maximum absolute atomic E-state index is 13.6. The van der Waals surface area contributed by atoms with Gasteiger partial charge in [0.25, 0.3) is 0 Å². The van der Waals surface area contributed by atoms with Crippen LogP contribution in [0.2, 0.25) is 18.1 Å². The van der Waals surface area contributed by atoms with Crippen LogP contribution >= 0.6 is 0 Å². The van der Waals surface area contributed by atoms with E-state index in [-0.39, 0.29) is 24.0 Å². The van der Waals surface area contributed by atoms with Crippen LogP contribution < -0.4 is 5.32 Å². The fraction of sp³-hybridized carbons (Fsp3) is 1.00. The van der Waals surface area contributed by atoms with Crippen molar-refractivity contribution in [3.8, 4) is 0 Å². The van der Waals surface area contributed by atoms with Crippen LogP contribution in [0.5, 0.6) is 0 Å². The molecular weight excluding hydrogens is 240 g/mol. The van der Waals surface area contributed by atoms with Crippen LogP contribution in [0.3, 0.4) is 0 Å². The molecule has 2 nitrogen and oxygen atoms in total. The largest absolute Gasteiger partial charge is 0.415 e. The summed E-state index contributed by atoms with van der Waals surface area (Å²) in [6.07, 6.45) is -2.20. The summed E-state index contributed by atoms with van der Waals surface area (Å²) in [4.78, 5) is 0. The Morgan fingerprint density at radius 1 is 1.29 bits per heavy atom. The van der Waals surface area contributed by atoms with Gasteiger partial charge in [-0.25, -0.2) is 8.78 Å². The van der Waals surface area contributed by atoms with Crippen LogP contribution in [0.4, 0.5) is 8.78 Å². The van der Waals surface area contributed by atoms with Crippen molar-refractivity contribution in [2.45, 2.75) is 63.7 Å². The van der Waals surface area contributed by atoms with Gasteiger partial charge >= 0.3 is 0 Å². The standard InChI is InChI=1S/C12H25F2NOSi/c1-12(2,3)17(4,5)16-8-11-10(14)6-9(13)7-15-11/h9-11,15H,6-8H2,1-5H3/t9-,10+,11+/m0/s1. The highest BCUT2D eigenvalue weighted by Gasteiger charge is 2.39. The van der Waals surface area contributed by atoms with E-state index in [4.69, 9.17) is 4.43 Å². The first-order chi connectivity index (χ1) is 7.63. The summed E-state index contributed by atoms with van der Waals surface area (Å²) < 4.78 is 32.5. The molecule has 0 aromatic carbocycles. The van der Waals surface area contributed by atoms with Crippen molar-refractivity contribution in [2.75, 3.05) is 13.2 Å². The summed E-state index contributed by atoms with van der Waals surface area (Å²) in [5.74, 6) is 0. The molecule has 1 saturated heterocycles. The van der Waals surface area contributed by atoms with Gasteiger partial charge in [0.15, 0.2) is 8.32 Å². The fourth-order valence-corrected chi connectivity index (χ4v) is 2.61. The van der Waals surface area contributed by atoms with Gasteiger partial charge in [0.05, 0.1) is 12.6 Å². The molecule has 0 amide bonds. The third-order valence-electron chi connectivity index (χ3n) is 3.95. The van der Waals surface area contributed by atoms with Gasteiger partial charge < -0.3 is 9.74 Å². The highest BCUT2D eigenvalue weighted by atomic mass is 28.4. The molecule has 0 aromatic rings. The topological polar surface area (TPSA) is 21.3 Å². The van der Waals surface area contributed by atoms with E-state index < -0.39 is 20.7 Å². The Labute approximate surface area is 104 Å². The molecular formula is C12H25F2NOSi. The van der Waals surface area contributed by atoms with Gasteiger partial charge in [0, 0.05) is 13.0 Å². The molecule has 1 aliphatic heterocycles. The molecule has 0 spiro atoms. The van der Waals surface area contributed by atoms with E-state index >= 15 is 0 Å². The van der Waals surface area contributed by atoms with E-state index in [1.807, 2.05) is 0 Å². The Morgan fingerprint density at radius 2 is 1.88 bits per heavy atom. The number of rotatable bonds is 3. The molecule has 0 bridgehead atoms. The molecule has 5 heteroatoms. The average Bonchev–Trinajstić information content (AvgIpc) is 2.14.